The van der Waals surface area contributed by atoms with Crippen molar-refractivity contribution >= 4 is 11.7 Å². The zero-order valence-corrected chi connectivity index (χ0v) is 17.5. The minimum atomic E-state index is -0.708. The van der Waals surface area contributed by atoms with Gasteiger partial charge in [-0.1, -0.05) is 50.5 Å². The van der Waals surface area contributed by atoms with Crippen molar-refractivity contribution in [1.82, 2.24) is 10.2 Å². The maximum atomic E-state index is 11.3. The highest BCUT2D eigenvalue weighted by atomic mass is 16.4. The number of para-hydroxylation sites is 1. The molecule has 5 heteroatoms. The zero-order valence-electron chi connectivity index (χ0n) is 17.5. The van der Waals surface area contributed by atoms with Crippen LogP contribution in [-0.2, 0) is 6.42 Å². The van der Waals surface area contributed by atoms with Gasteiger partial charge in [0.05, 0.1) is 5.60 Å². The number of rotatable bonds is 4. The summed E-state index contributed by atoms with van der Waals surface area (Å²) in [7, 11) is 0. The molecule has 2 aliphatic rings. The number of hydrogen-bond donors (Lipinski definition) is 2. The molecule has 0 unspecified atom stereocenters. The Hall–Kier alpha value is -1.88. The molecular weight excluding hydrogens is 350 g/mol. The molecule has 4 rings (SSSR count). The van der Waals surface area contributed by atoms with Gasteiger partial charge in [-0.2, -0.15) is 0 Å². The molecule has 2 saturated carbocycles. The van der Waals surface area contributed by atoms with Crippen LogP contribution in [-0.4, -0.2) is 20.9 Å². The number of aromatic nitrogens is 2. The topological polar surface area (TPSA) is 71.2 Å². The fraction of sp³-hybridized carbons (Fsp3) is 0.652. The predicted molar refractivity (Wildman–Crippen MR) is 110 cm³/mol. The fourth-order valence-electron chi connectivity index (χ4n) is 6.28. The lowest BCUT2D eigenvalue weighted by Crippen LogP contribution is -2.58. The molecule has 2 fully saturated rings. The minimum Gasteiger partial charge on any atom is -0.408 e. The van der Waals surface area contributed by atoms with Gasteiger partial charge in [0, 0.05) is 18.0 Å². The van der Waals surface area contributed by atoms with Crippen molar-refractivity contribution < 1.29 is 9.52 Å². The molecule has 1 heterocycles. The zero-order chi connectivity index (χ0) is 20.0. The molecule has 5 nitrogen and oxygen atoms in total. The number of hydrogen-bond acceptors (Lipinski definition) is 5. The molecule has 0 amide bonds. The summed E-state index contributed by atoms with van der Waals surface area (Å²) in [5.74, 6) is 1.33. The molecule has 1 aromatic heterocycles. The summed E-state index contributed by atoms with van der Waals surface area (Å²) in [6, 6.07) is 10.2. The Bertz CT molecular complexity index is 814. The first-order chi connectivity index (χ1) is 13.2. The van der Waals surface area contributed by atoms with Gasteiger partial charge in [-0.25, -0.2) is 0 Å². The second-order valence-electron chi connectivity index (χ2n) is 10.0. The monoisotopic (exact) mass is 383 g/mol. The molecule has 1 aromatic carbocycles. The Labute approximate surface area is 167 Å². The van der Waals surface area contributed by atoms with E-state index in [1.54, 1.807) is 0 Å². The van der Waals surface area contributed by atoms with Crippen LogP contribution >= 0.6 is 0 Å². The van der Waals surface area contributed by atoms with E-state index in [0.29, 0.717) is 29.7 Å². The van der Waals surface area contributed by atoms with E-state index in [2.05, 4.69) is 36.3 Å². The van der Waals surface area contributed by atoms with Crippen LogP contribution < -0.4 is 5.32 Å². The molecule has 0 aliphatic heterocycles. The fourth-order valence-corrected chi connectivity index (χ4v) is 6.28. The van der Waals surface area contributed by atoms with Crippen LogP contribution in [0.3, 0.4) is 0 Å². The van der Waals surface area contributed by atoms with Gasteiger partial charge in [0.25, 0.3) is 0 Å². The third kappa shape index (κ3) is 3.45. The molecule has 152 valence electrons. The summed E-state index contributed by atoms with van der Waals surface area (Å²) in [5, 5.41) is 22.9. The largest absolute Gasteiger partial charge is 0.408 e. The third-order valence-electron chi connectivity index (χ3n) is 7.63. The van der Waals surface area contributed by atoms with Crippen molar-refractivity contribution in [2.75, 3.05) is 5.32 Å². The Kier molecular flexibility index (Phi) is 4.77. The smallest absolute Gasteiger partial charge is 0.320 e. The summed E-state index contributed by atoms with van der Waals surface area (Å²) < 4.78 is 5.92. The van der Waals surface area contributed by atoms with Gasteiger partial charge in [0.1, 0.15) is 0 Å². The van der Waals surface area contributed by atoms with E-state index in [-0.39, 0.29) is 11.3 Å². The van der Waals surface area contributed by atoms with Gasteiger partial charge < -0.3 is 14.8 Å². The van der Waals surface area contributed by atoms with E-state index >= 15 is 0 Å². The highest BCUT2D eigenvalue weighted by molar-refractivity contribution is 5.50. The summed E-state index contributed by atoms with van der Waals surface area (Å²) in [4.78, 5) is 0. The van der Waals surface area contributed by atoms with Crippen molar-refractivity contribution in [3.8, 4) is 0 Å². The Morgan fingerprint density at radius 2 is 1.82 bits per heavy atom. The number of anilines is 2. The normalized spacial score (nSPS) is 34.6. The summed E-state index contributed by atoms with van der Waals surface area (Å²) >= 11 is 0. The second kappa shape index (κ2) is 6.87. The SMILES string of the molecule is CC1(C)CCC[C@]2(C)[C@@H](Cc3nnc(Nc4ccccc4)o3)[C@](C)(O)CC[C@@H]12. The summed E-state index contributed by atoms with van der Waals surface area (Å²) in [6.45, 7) is 9.19. The van der Waals surface area contributed by atoms with E-state index in [1.165, 1.54) is 12.8 Å². The lowest BCUT2D eigenvalue weighted by Gasteiger charge is -2.61. The molecule has 28 heavy (non-hydrogen) atoms. The van der Waals surface area contributed by atoms with Gasteiger partial charge in [-0.05, 0) is 61.5 Å². The number of aliphatic hydroxyl groups is 1. The van der Waals surface area contributed by atoms with Gasteiger partial charge >= 0.3 is 6.01 Å². The van der Waals surface area contributed by atoms with E-state index < -0.39 is 5.60 Å². The lowest BCUT2D eigenvalue weighted by atomic mass is 9.45. The number of nitrogens with one attached hydrogen (secondary N) is 1. The van der Waals surface area contributed by atoms with Gasteiger partial charge in [0.2, 0.25) is 5.89 Å². The van der Waals surface area contributed by atoms with Crippen LogP contribution in [0.2, 0.25) is 0 Å². The average Bonchev–Trinajstić information content (AvgIpc) is 3.05. The number of fused-ring (bicyclic) bond motifs is 1. The van der Waals surface area contributed by atoms with Gasteiger partial charge in [0.15, 0.2) is 0 Å². The van der Waals surface area contributed by atoms with Crippen LogP contribution in [0, 0.1) is 22.7 Å². The highest BCUT2D eigenvalue weighted by Gasteiger charge is 2.58. The lowest BCUT2D eigenvalue weighted by molar-refractivity contribution is -0.167. The van der Waals surface area contributed by atoms with E-state index in [0.717, 1.165) is 24.9 Å². The van der Waals surface area contributed by atoms with Crippen molar-refractivity contribution in [3.05, 3.63) is 36.2 Å². The molecule has 0 radical (unpaired) electrons. The molecule has 2 aromatic rings. The van der Waals surface area contributed by atoms with Gasteiger partial charge in [-0.3, -0.25) is 0 Å². The maximum Gasteiger partial charge on any atom is 0.320 e. The Balaban J connectivity index is 1.57. The van der Waals surface area contributed by atoms with E-state index in [1.807, 2.05) is 37.3 Å². The van der Waals surface area contributed by atoms with Crippen LogP contribution in [0.1, 0.15) is 65.7 Å². The molecule has 2 N–H and O–H groups in total. The first-order valence-electron chi connectivity index (χ1n) is 10.6. The molecule has 0 saturated heterocycles. The first-order valence-corrected chi connectivity index (χ1v) is 10.6. The highest BCUT2D eigenvalue weighted by Crippen LogP contribution is 2.62. The number of benzene rings is 1. The van der Waals surface area contributed by atoms with Crippen LogP contribution in [0.4, 0.5) is 11.7 Å². The third-order valence-corrected chi connectivity index (χ3v) is 7.63. The minimum absolute atomic E-state index is 0.0883. The van der Waals surface area contributed by atoms with E-state index in [4.69, 9.17) is 4.42 Å². The van der Waals surface area contributed by atoms with E-state index in [9.17, 15) is 5.11 Å². The van der Waals surface area contributed by atoms with Crippen LogP contribution in [0.5, 0.6) is 0 Å². The Morgan fingerprint density at radius 3 is 2.57 bits per heavy atom. The maximum absolute atomic E-state index is 11.3. The molecule has 2 aliphatic carbocycles. The van der Waals surface area contributed by atoms with Crippen LogP contribution in [0.25, 0.3) is 0 Å². The molecular formula is C23H33N3O2. The Morgan fingerprint density at radius 1 is 1.07 bits per heavy atom. The summed E-state index contributed by atoms with van der Waals surface area (Å²) in [6.07, 6.45) is 6.21. The average molecular weight is 384 g/mol. The van der Waals surface area contributed by atoms with Crippen molar-refractivity contribution in [1.29, 1.82) is 0 Å². The van der Waals surface area contributed by atoms with Gasteiger partial charge in [-0.15, -0.1) is 5.10 Å². The second-order valence-corrected chi connectivity index (χ2v) is 10.0. The molecule has 0 spiro atoms. The number of nitrogens with zero attached hydrogens (tertiary/aromatic N) is 2. The van der Waals surface area contributed by atoms with Crippen LogP contribution in [0.15, 0.2) is 34.7 Å². The summed E-state index contributed by atoms with van der Waals surface area (Å²) in [5.41, 5.74) is 0.616. The molecule has 4 atom stereocenters. The van der Waals surface area contributed by atoms with Crippen molar-refractivity contribution in [2.45, 2.75) is 71.8 Å². The quantitative estimate of drug-likeness (QED) is 0.745. The molecule has 0 bridgehead atoms. The predicted octanol–water partition coefficient (Wildman–Crippen LogP) is 5.35. The first kappa shape index (κ1) is 19.4. The van der Waals surface area contributed by atoms with Crippen molar-refractivity contribution in [2.24, 2.45) is 22.7 Å². The van der Waals surface area contributed by atoms with Crippen molar-refractivity contribution in [3.63, 3.8) is 0 Å². The standard InChI is InChI=1S/C23H33N3O2/c1-21(2)12-8-13-22(3)17(21)11-14-23(4,27)18(22)15-19-25-26-20(28-19)24-16-9-6-5-7-10-16/h5-7,9-10,17-18,27H,8,11-15H2,1-4H3,(H,24,26)/t17-,18+,22-,23+/m0/s1.